The summed E-state index contributed by atoms with van der Waals surface area (Å²) in [6, 6.07) is 9.25. The van der Waals surface area contributed by atoms with Gasteiger partial charge in [-0.1, -0.05) is 6.08 Å². The highest BCUT2D eigenvalue weighted by atomic mass is 16.5. The van der Waals surface area contributed by atoms with E-state index in [-0.39, 0.29) is 5.91 Å². The third-order valence-electron chi connectivity index (χ3n) is 2.84. The first-order valence-electron chi connectivity index (χ1n) is 6.26. The molecule has 1 aromatic heterocycles. The molecule has 0 spiro atoms. The Hall–Kier alpha value is -2.56. The molecule has 0 aliphatic carbocycles. The van der Waals surface area contributed by atoms with E-state index in [2.05, 4.69) is 17.0 Å². The lowest BCUT2D eigenvalue weighted by atomic mass is 10.3. The van der Waals surface area contributed by atoms with Gasteiger partial charge >= 0.3 is 0 Å². The molecule has 0 aliphatic rings. The van der Waals surface area contributed by atoms with Gasteiger partial charge in [0, 0.05) is 12.2 Å². The molecule has 0 unspecified atom stereocenters. The predicted octanol–water partition coefficient (Wildman–Crippen LogP) is 2.11. The van der Waals surface area contributed by atoms with Crippen LogP contribution in [-0.4, -0.2) is 29.3 Å². The summed E-state index contributed by atoms with van der Waals surface area (Å²) in [7, 11) is 1.62. The van der Waals surface area contributed by atoms with Gasteiger partial charge in [0.25, 0.3) is 5.91 Å². The van der Waals surface area contributed by atoms with E-state index in [0.29, 0.717) is 12.2 Å². The SMILES string of the molecule is C=CCNC(=O)c1cc(C)n(-c2ccc(OC)cc2)n1. The van der Waals surface area contributed by atoms with Gasteiger partial charge in [0.2, 0.25) is 0 Å². The molecule has 1 aromatic carbocycles. The molecule has 20 heavy (non-hydrogen) atoms. The molecule has 1 amide bonds. The van der Waals surface area contributed by atoms with Gasteiger partial charge in [-0.15, -0.1) is 6.58 Å². The normalized spacial score (nSPS) is 10.1. The number of hydrogen-bond acceptors (Lipinski definition) is 3. The van der Waals surface area contributed by atoms with Crippen molar-refractivity contribution in [1.29, 1.82) is 0 Å². The Morgan fingerprint density at radius 1 is 1.45 bits per heavy atom. The summed E-state index contributed by atoms with van der Waals surface area (Å²) >= 11 is 0. The van der Waals surface area contributed by atoms with Crippen LogP contribution < -0.4 is 10.1 Å². The van der Waals surface area contributed by atoms with Crippen LogP contribution in [0.4, 0.5) is 0 Å². The third-order valence-corrected chi connectivity index (χ3v) is 2.84. The van der Waals surface area contributed by atoms with Crippen LogP contribution >= 0.6 is 0 Å². The first-order chi connectivity index (χ1) is 9.65. The Morgan fingerprint density at radius 3 is 2.75 bits per heavy atom. The Morgan fingerprint density at radius 2 is 2.15 bits per heavy atom. The molecule has 0 bridgehead atoms. The summed E-state index contributed by atoms with van der Waals surface area (Å²) in [5, 5.41) is 7.02. The maximum Gasteiger partial charge on any atom is 0.272 e. The number of hydrogen-bond donors (Lipinski definition) is 1. The maximum absolute atomic E-state index is 11.8. The van der Waals surface area contributed by atoms with Gasteiger partial charge < -0.3 is 10.1 Å². The van der Waals surface area contributed by atoms with Crippen molar-refractivity contribution < 1.29 is 9.53 Å². The summed E-state index contributed by atoms with van der Waals surface area (Å²) in [6.07, 6.45) is 1.63. The Kier molecular flexibility index (Phi) is 4.20. The van der Waals surface area contributed by atoms with Crippen LogP contribution in [0.25, 0.3) is 5.69 Å². The fourth-order valence-corrected chi connectivity index (χ4v) is 1.83. The van der Waals surface area contributed by atoms with Crippen molar-refractivity contribution in [2.24, 2.45) is 0 Å². The number of carbonyl (C=O) groups excluding carboxylic acids is 1. The quantitative estimate of drug-likeness (QED) is 0.847. The first-order valence-corrected chi connectivity index (χ1v) is 6.26. The highest BCUT2D eigenvalue weighted by molar-refractivity contribution is 5.92. The fourth-order valence-electron chi connectivity index (χ4n) is 1.83. The minimum Gasteiger partial charge on any atom is -0.497 e. The number of nitrogens with zero attached hydrogens (tertiary/aromatic N) is 2. The van der Waals surface area contributed by atoms with E-state index in [1.54, 1.807) is 23.9 Å². The molecule has 0 saturated heterocycles. The average molecular weight is 271 g/mol. The number of amides is 1. The topological polar surface area (TPSA) is 56.2 Å². The zero-order valence-electron chi connectivity index (χ0n) is 11.6. The minimum atomic E-state index is -0.208. The van der Waals surface area contributed by atoms with Gasteiger partial charge in [-0.05, 0) is 37.3 Å². The van der Waals surface area contributed by atoms with E-state index in [9.17, 15) is 4.79 Å². The molecule has 1 N–H and O–H groups in total. The number of aryl methyl sites for hydroxylation is 1. The lowest BCUT2D eigenvalue weighted by Crippen LogP contribution is -2.23. The smallest absolute Gasteiger partial charge is 0.272 e. The third kappa shape index (κ3) is 2.88. The monoisotopic (exact) mass is 271 g/mol. The van der Waals surface area contributed by atoms with Crippen molar-refractivity contribution in [3.05, 3.63) is 54.4 Å². The van der Waals surface area contributed by atoms with Gasteiger partial charge in [-0.3, -0.25) is 4.79 Å². The summed E-state index contributed by atoms with van der Waals surface area (Å²) in [4.78, 5) is 11.8. The molecule has 0 fully saturated rings. The van der Waals surface area contributed by atoms with Crippen LogP contribution in [0.5, 0.6) is 5.75 Å². The van der Waals surface area contributed by atoms with Crippen LogP contribution in [0, 0.1) is 6.92 Å². The minimum absolute atomic E-state index is 0.208. The van der Waals surface area contributed by atoms with Gasteiger partial charge in [0.05, 0.1) is 12.8 Å². The molecule has 0 atom stereocenters. The second kappa shape index (κ2) is 6.06. The molecule has 2 aromatic rings. The van der Waals surface area contributed by atoms with Gasteiger partial charge in [0.1, 0.15) is 5.75 Å². The molecule has 0 radical (unpaired) electrons. The Labute approximate surface area is 117 Å². The standard InChI is InChI=1S/C15H17N3O2/c1-4-9-16-15(19)14-10-11(2)18(17-14)12-5-7-13(20-3)8-6-12/h4-8,10H,1,9H2,2-3H3,(H,16,19). The van der Waals surface area contributed by atoms with E-state index in [1.807, 2.05) is 31.2 Å². The van der Waals surface area contributed by atoms with Crippen LogP contribution in [0.2, 0.25) is 0 Å². The van der Waals surface area contributed by atoms with E-state index in [4.69, 9.17) is 4.74 Å². The van der Waals surface area contributed by atoms with E-state index < -0.39 is 0 Å². The number of aromatic nitrogens is 2. The molecule has 5 nitrogen and oxygen atoms in total. The number of benzene rings is 1. The molecular formula is C15H17N3O2. The lowest BCUT2D eigenvalue weighted by molar-refractivity contribution is 0.0952. The highest BCUT2D eigenvalue weighted by Crippen LogP contribution is 2.16. The van der Waals surface area contributed by atoms with Crippen molar-refractivity contribution in [3.8, 4) is 11.4 Å². The van der Waals surface area contributed by atoms with Crippen molar-refractivity contribution in [1.82, 2.24) is 15.1 Å². The van der Waals surface area contributed by atoms with Crippen molar-refractivity contribution in [3.63, 3.8) is 0 Å². The predicted molar refractivity (Wildman–Crippen MR) is 77.4 cm³/mol. The number of ether oxygens (including phenoxy) is 1. The number of carbonyl (C=O) groups is 1. The molecule has 104 valence electrons. The second-order valence-electron chi connectivity index (χ2n) is 4.28. The number of nitrogens with one attached hydrogen (secondary N) is 1. The summed E-state index contributed by atoms with van der Waals surface area (Å²) in [5.74, 6) is 0.572. The van der Waals surface area contributed by atoms with Crippen molar-refractivity contribution in [2.45, 2.75) is 6.92 Å². The zero-order valence-corrected chi connectivity index (χ0v) is 11.6. The molecule has 2 rings (SSSR count). The number of rotatable bonds is 5. The molecular weight excluding hydrogens is 254 g/mol. The molecule has 0 aliphatic heterocycles. The Balaban J connectivity index is 2.26. The maximum atomic E-state index is 11.8. The summed E-state index contributed by atoms with van der Waals surface area (Å²) in [6.45, 7) is 5.89. The summed E-state index contributed by atoms with van der Waals surface area (Å²) in [5.41, 5.74) is 2.16. The Bertz CT molecular complexity index is 615. The zero-order chi connectivity index (χ0) is 14.5. The van der Waals surface area contributed by atoms with Crippen LogP contribution in [0.1, 0.15) is 16.2 Å². The van der Waals surface area contributed by atoms with Gasteiger partial charge in [-0.25, -0.2) is 4.68 Å². The van der Waals surface area contributed by atoms with E-state index in [0.717, 1.165) is 17.1 Å². The summed E-state index contributed by atoms with van der Waals surface area (Å²) < 4.78 is 6.84. The van der Waals surface area contributed by atoms with Crippen molar-refractivity contribution >= 4 is 5.91 Å². The average Bonchev–Trinajstić information content (AvgIpc) is 2.87. The second-order valence-corrected chi connectivity index (χ2v) is 4.28. The highest BCUT2D eigenvalue weighted by Gasteiger charge is 2.12. The van der Waals surface area contributed by atoms with Crippen molar-refractivity contribution in [2.75, 3.05) is 13.7 Å². The van der Waals surface area contributed by atoms with E-state index >= 15 is 0 Å². The fraction of sp³-hybridized carbons (Fsp3) is 0.200. The first kappa shape index (κ1) is 13.9. The van der Waals surface area contributed by atoms with E-state index in [1.165, 1.54) is 0 Å². The number of methoxy groups -OCH3 is 1. The largest absolute Gasteiger partial charge is 0.497 e. The molecule has 5 heteroatoms. The molecule has 0 saturated carbocycles. The molecule has 1 heterocycles. The van der Waals surface area contributed by atoms with Gasteiger partial charge in [0.15, 0.2) is 5.69 Å². The van der Waals surface area contributed by atoms with Gasteiger partial charge in [-0.2, -0.15) is 5.10 Å². The van der Waals surface area contributed by atoms with Crippen LogP contribution in [0.15, 0.2) is 43.0 Å². The van der Waals surface area contributed by atoms with Crippen LogP contribution in [0.3, 0.4) is 0 Å². The van der Waals surface area contributed by atoms with Crippen LogP contribution in [-0.2, 0) is 0 Å². The lowest BCUT2D eigenvalue weighted by Gasteiger charge is -2.05.